The van der Waals surface area contributed by atoms with Gasteiger partial charge in [-0.2, -0.15) is 0 Å². The molecule has 1 aliphatic rings. The first kappa shape index (κ1) is 17.8. The van der Waals surface area contributed by atoms with Gasteiger partial charge in [0.15, 0.2) is 6.10 Å². The van der Waals surface area contributed by atoms with Crippen LogP contribution in [0.4, 0.5) is 0 Å². The van der Waals surface area contributed by atoms with Gasteiger partial charge in [0.05, 0.1) is 0 Å². The van der Waals surface area contributed by atoms with Gasteiger partial charge in [-0.25, -0.2) is 0 Å². The van der Waals surface area contributed by atoms with Crippen molar-refractivity contribution in [1.29, 1.82) is 0 Å². The zero-order valence-electron chi connectivity index (χ0n) is 14.9. The second-order valence-electron chi connectivity index (χ2n) is 6.89. The third-order valence-corrected chi connectivity index (χ3v) is 4.59. The molecule has 1 N–H and O–H groups in total. The Labute approximate surface area is 140 Å². The fourth-order valence-electron chi connectivity index (χ4n) is 3.38. The van der Waals surface area contributed by atoms with E-state index in [0.29, 0.717) is 12.5 Å². The number of nitrogens with one attached hydrogen (secondary N) is 1. The molecule has 0 spiro atoms. The number of benzene rings is 1. The molecule has 1 aromatic rings. The number of hydrogen-bond acceptors (Lipinski definition) is 2. The number of amides is 1. The summed E-state index contributed by atoms with van der Waals surface area (Å²) in [6.45, 7) is 6.11. The fraction of sp³-hybridized carbons (Fsp3) is 0.650. The van der Waals surface area contributed by atoms with Crippen LogP contribution < -0.4 is 10.1 Å². The predicted molar refractivity (Wildman–Crippen MR) is 94.9 cm³/mol. The third-order valence-electron chi connectivity index (χ3n) is 4.59. The lowest BCUT2D eigenvalue weighted by molar-refractivity contribution is -0.129. The van der Waals surface area contributed by atoms with Gasteiger partial charge in [0.25, 0.3) is 5.91 Å². The lowest BCUT2D eigenvalue weighted by atomic mass is 9.96. The molecule has 0 saturated heterocycles. The van der Waals surface area contributed by atoms with Crippen LogP contribution in [0.15, 0.2) is 18.2 Å². The van der Waals surface area contributed by atoms with E-state index >= 15 is 0 Å². The Balaban J connectivity index is 1.94. The summed E-state index contributed by atoms with van der Waals surface area (Å²) < 4.78 is 5.97. The molecule has 0 aromatic heterocycles. The van der Waals surface area contributed by atoms with Crippen molar-refractivity contribution in [1.82, 2.24) is 5.32 Å². The quantitative estimate of drug-likeness (QED) is 0.855. The fourth-order valence-corrected chi connectivity index (χ4v) is 3.38. The smallest absolute Gasteiger partial charge is 0.261 e. The molecule has 0 radical (unpaired) electrons. The van der Waals surface area contributed by atoms with E-state index in [0.717, 1.165) is 29.7 Å². The molecule has 1 unspecified atom stereocenters. The summed E-state index contributed by atoms with van der Waals surface area (Å²) in [5, 5.41) is 3.22. The maximum atomic E-state index is 12.6. The number of carbonyl (C=O) groups excluding carboxylic acids is 1. The van der Waals surface area contributed by atoms with Gasteiger partial charge in [0, 0.05) is 6.04 Å². The minimum atomic E-state index is -0.401. The van der Waals surface area contributed by atoms with Crippen molar-refractivity contribution in [2.45, 2.75) is 84.3 Å². The number of hydrogen-bond donors (Lipinski definition) is 1. The largest absolute Gasteiger partial charge is 0.481 e. The average Bonchev–Trinajstić information content (AvgIpc) is 2.46. The molecular weight excluding hydrogens is 286 g/mol. The maximum absolute atomic E-state index is 12.6. The summed E-state index contributed by atoms with van der Waals surface area (Å²) in [4.78, 5) is 12.6. The van der Waals surface area contributed by atoms with Crippen LogP contribution in [0.1, 0.15) is 69.4 Å². The minimum Gasteiger partial charge on any atom is -0.481 e. The van der Waals surface area contributed by atoms with Crippen LogP contribution in [0.3, 0.4) is 0 Å². The van der Waals surface area contributed by atoms with E-state index in [-0.39, 0.29) is 5.91 Å². The van der Waals surface area contributed by atoms with E-state index in [1.165, 1.54) is 32.1 Å². The molecule has 1 aromatic carbocycles. The molecule has 1 atom stereocenters. The van der Waals surface area contributed by atoms with Gasteiger partial charge in [-0.1, -0.05) is 45.1 Å². The molecule has 3 heteroatoms. The summed E-state index contributed by atoms with van der Waals surface area (Å²) in [5.41, 5.74) is 2.32. The van der Waals surface area contributed by atoms with Crippen LogP contribution in [-0.4, -0.2) is 18.1 Å². The van der Waals surface area contributed by atoms with E-state index in [1.807, 2.05) is 19.1 Å². The molecule has 128 valence electrons. The number of rotatable bonds is 5. The summed E-state index contributed by atoms with van der Waals surface area (Å²) in [7, 11) is 0. The molecule has 1 fully saturated rings. The van der Waals surface area contributed by atoms with Crippen LogP contribution >= 0.6 is 0 Å². The Hall–Kier alpha value is -1.51. The minimum absolute atomic E-state index is 0.0391. The molecule has 0 heterocycles. The Bertz CT molecular complexity index is 484. The van der Waals surface area contributed by atoms with E-state index in [4.69, 9.17) is 4.74 Å². The average molecular weight is 317 g/mol. The van der Waals surface area contributed by atoms with Crippen LogP contribution in [0, 0.1) is 13.8 Å². The van der Waals surface area contributed by atoms with Crippen molar-refractivity contribution < 1.29 is 9.53 Å². The van der Waals surface area contributed by atoms with Gasteiger partial charge in [-0.05, 0) is 56.4 Å². The van der Waals surface area contributed by atoms with Crippen molar-refractivity contribution in [3.63, 3.8) is 0 Å². The highest BCUT2D eigenvalue weighted by Gasteiger charge is 2.22. The molecule has 2 rings (SSSR count). The van der Waals surface area contributed by atoms with Crippen molar-refractivity contribution in [2.75, 3.05) is 0 Å². The van der Waals surface area contributed by atoms with Gasteiger partial charge in [0.1, 0.15) is 5.75 Å². The summed E-state index contributed by atoms with van der Waals surface area (Å²) in [6, 6.07) is 6.43. The van der Waals surface area contributed by atoms with Gasteiger partial charge in [0.2, 0.25) is 0 Å². The first-order valence-corrected chi connectivity index (χ1v) is 9.14. The summed E-state index contributed by atoms with van der Waals surface area (Å²) >= 11 is 0. The molecule has 1 saturated carbocycles. The van der Waals surface area contributed by atoms with E-state index in [1.54, 1.807) is 0 Å². The van der Waals surface area contributed by atoms with Crippen molar-refractivity contribution in [2.24, 2.45) is 0 Å². The summed E-state index contributed by atoms with van der Waals surface area (Å²) in [6.07, 6.45) is 8.86. The monoisotopic (exact) mass is 317 g/mol. The molecule has 1 amide bonds. The second-order valence-corrected chi connectivity index (χ2v) is 6.89. The number of carbonyl (C=O) groups is 1. The normalized spacial score (nSPS) is 17.9. The number of ether oxygens (including phenoxy) is 1. The maximum Gasteiger partial charge on any atom is 0.261 e. The van der Waals surface area contributed by atoms with E-state index < -0.39 is 6.10 Å². The zero-order chi connectivity index (χ0) is 16.7. The first-order valence-electron chi connectivity index (χ1n) is 9.14. The van der Waals surface area contributed by atoms with Crippen molar-refractivity contribution >= 4 is 5.91 Å². The van der Waals surface area contributed by atoms with Crippen LogP contribution in [0.25, 0.3) is 0 Å². The Morgan fingerprint density at radius 2 is 1.65 bits per heavy atom. The molecule has 0 aliphatic heterocycles. The molecule has 0 bridgehead atoms. The first-order chi connectivity index (χ1) is 11.1. The highest BCUT2D eigenvalue weighted by Crippen LogP contribution is 2.20. The lowest BCUT2D eigenvalue weighted by Crippen LogP contribution is -2.43. The van der Waals surface area contributed by atoms with Crippen LogP contribution in [0.5, 0.6) is 5.75 Å². The topological polar surface area (TPSA) is 38.3 Å². The Kier molecular flexibility index (Phi) is 6.94. The molecule has 23 heavy (non-hydrogen) atoms. The highest BCUT2D eigenvalue weighted by atomic mass is 16.5. The molecule has 1 aliphatic carbocycles. The standard InChI is InChI=1S/C20H31NO2/c1-4-19(23-18-13-15(2)12-16(3)14-18)20(22)21-17-10-8-6-5-7-9-11-17/h12-14,17,19H,4-11H2,1-3H3,(H,21,22). The predicted octanol–water partition coefficient (Wildman–Crippen LogP) is 4.69. The van der Waals surface area contributed by atoms with Crippen molar-refractivity contribution in [3.05, 3.63) is 29.3 Å². The summed E-state index contributed by atoms with van der Waals surface area (Å²) in [5.74, 6) is 0.833. The molecular formula is C20H31NO2. The van der Waals surface area contributed by atoms with Crippen molar-refractivity contribution in [3.8, 4) is 5.75 Å². The number of aryl methyl sites for hydroxylation is 2. The van der Waals surface area contributed by atoms with Crippen LogP contribution in [0.2, 0.25) is 0 Å². The van der Waals surface area contributed by atoms with Crippen LogP contribution in [-0.2, 0) is 4.79 Å². The van der Waals surface area contributed by atoms with E-state index in [2.05, 4.69) is 25.2 Å². The Morgan fingerprint density at radius 3 is 2.22 bits per heavy atom. The van der Waals surface area contributed by atoms with Gasteiger partial charge in [-0.15, -0.1) is 0 Å². The highest BCUT2D eigenvalue weighted by molar-refractivity contribution is 5.81. The van der Waals surface area contributed by atoms with Gasteiger partial charge >= 0.3 is 0 Å². The zero-order valence-corrected chi connectivity index (χ0v) is 14.9. The second kappa shape index (κ2) is 8.95. The molecule has 3 nitrogen and oxygen atoms in total. The lowest BCUT2D eigenvalue weighted by Gasteiger charge is -2.24. The van der Waals surface area contributed by atoms with E-state index in [9.17, 15) is 4.79 Å². The third kappa shape index (κ3) is 5.89. The van der Waals surface area contributed by atoms with Gasteiger partial charge < -0.3 is 10.1 Å². The van der Waals surface area contributed by atoms with Gasteiger partial charge in [-0.3, -0.25) is 4.79 Å². The Morgan fingerprint density at radius 1 is 1.09 bits per heavy atom. The SMILES string of the molecule is CCC(Oc1cc(C)cc(C)c1)C(=O)NC1CCCCCCC1.